The summed E-state index contributed by atoms with van der Waals surface area (Å²) >= 11 is 0. The van der Waals surface area contributed by atoms with Crippen LogP contribution in [0.2, 0.25) is 0 Å². The lowest BCUT2D eigenvalue weighted by Crippen LogP contribution is -2.52. The topological polar surface area (TPSA) is 85.5 Å². The van der Waals surface area contributed by atoms with Crippen molar-refractivity contribution in [3.8, 4) is 0 Å². The average molecular weight is 292 g/mol. The zero-order valence-corrected chi connectivity index (χ0v) is 12.2. The van der Waals surface area contributed by atoms with Crippen molar-refractivity contribution in [3.05, 3.63) is 34.1 Å². The molecule has 0 amide bonds. The Morgan fingerprint density at radius 2 is 2.24 bits per heavy atom. The highest BCUT2D eigenvalue weighted by atomic mass is 16.6. The predicted molar refractivity (Wildman–Crippen MR) is 75.6 cm³/mol. The molecular formula is C15H20N2O4. The van der Waals surface area contributed by atoms with E-state index >= 15 is 0 Å². The molecule has 114 valence electrons. The number of hydrogen-bond acceptors (Lipinski definition) is 5. The van der Waals surface area contributed by atoms with Crippen molar-refractivity contribution in [2.45, 2.75) is 50.9 Å². The number of nitro groups is 1. The van der Waals surface area contributed by atoms with Crippen LogP contribution in [0.25, 0.3) is 0 Å². The number of hydrogen-bond donors (Lipinski definition) is 1. The molecule has 4 atom stereocenters. The van der Waals surface area contributed by atoms with Gasteiger partial charge in [0.05, 0.1) is 28.3 Å². The smallest absolute Gasteiger partial charge is 0.293 e. The fourth-order valence-corrected chi connectivity index (χ4v) is 3.22. The Labute approximate surface area is 123 Å². The van der Waals surface area contributed by atoms with Crippen LogP contribution in [0.5, 0.6) is 0 Å². The van der Waals surface area contributed by atoms with E-state index in [4.69, 9.17) is 4.74 Å². The van der Waals surface area contributed by atoms with Crippen molar-refractivity contribution >= 4 is 5.69 Å². The molecule has 1 aromatic heterocycles. The molecule has 1 N–H and O–H groups in total. The van der Waals surface area contributed by atoms with Crippen LogP contribution in [-0.2, 0) is 4.74 Å². The number of aliphatic hydroxyl groups is 1. The summed E-state index contributed by atoms with van der Waals surface area (Å²) in [5, 5.41) is 21.8. The van der Waals surface area contributed by atoms with Crippen LogP contribution >= 0.6 is 0 Å². The molecular weight excluding hydrogens is 272 g/mol. The van der Waals surface area contributed by atoms with Crippen LogP contribution in [-0.4, -0.2) is 26.7 Å². The first kappa shape index (κ1) is 14.4. The van der Waals surface area contributed by atoms with E-state index in [9.17, 15) is 15.2 Å². The molecule has 1 aromatic rings. The largest absolute Gasteiger partial charge is 0.387 e. The van der Waals surface area contributed by atoms with Gasteiger partial charge in [-0.2, -0.15) is 0 Å². The standard InChI is InChI=1S/C15H20N2O4/c1-9-7-13(11-5-6-16-8-12(11)17(19)20)21-14(10-3-4-10)15(9,2)18/h5-6,8-10,13-14,18H,3-4,7H2,1-2H3/t9-,13-,14-,15+/m1/s1. The molecule has 6 nitrogen and oxygen atoms in total. The summed E-state index contributed by atoms with van der Waals surface area (Å²) in [7, 11) is 0. The van der Waals surface area contributed by atoms with Crippen LogP contribution < -0.4 is 0 Å². The zero-order valence-electron chi connectivity index (χ0n) is 12.2. The minimum absolute atomic E-state index is 0.00853. The van der Waals surface area contributed by atoms with Gasteiger partial charge in [0.15, 0.2) is 0 Å². The molecule has 2 heterocycles. The second-order valence-corrected chi connectivity index (χ2v) is 6.44. The van der Waals surface area contributed by atoms with E-state index in [1.165, 1.54) is 6.20 Å². The van der Waals surface area contributed by atoms with Crippen LogP contribution in [0.1, 0.15) is 44.8 Å². The van der Waals surface area contributed by atoms with Crippen molar-refractivity contribution in [2.24, 2.45) is 11.8 Å². The summed E-state index contributed by atoms with van der Waals surface area (Å²) in [5.74, 6) is 0.390. The first-order valence-corrected chi connectivity index (χ1v) is 7.37. The normalized spacial score (nSPS) is 36.4. The maximum absolute atomic E-state index is 11.2. The van der Waals surface area contributed by atoms with Crippen LogP contribution in [0.4, 0.5) is 5.69 Å². The molecule has 0 bridgehead atoms. The Balaban J connectivity index is 1.92. The van der Waals surface area contributed by atoms with Gasteiger partial charge < -0.3 is 9.84 Å². The van der Waals surface area contributed by atoms with Crippen LogP contribution in [0.3, 0.4) is 0 Å². The molecule has 0 spiro atoms. The molecule has 21 heavy (non-hydrogen) atoms. The van der Waals surface area contributed by atoms with E-state index in [2.05, 4.69) is 4.98 Å². The predicted octanol–water partition coefficient (Wildman–Crippen LogP) is 2.62. The lowest BCUT2D eigenvalue weighted by atomic mass is 9.76. The maximum Gasteiger partial charge on any atom is 0.293 e. The monoisotopic (exact) mass is 292 g/mol. The van der Waals surface area contributed by atoms with Gasteiger partial charge >= 0.3 is 0 Å². The minimum Gasteiger partial charge on any atom is -0.387 e. The second kappa shape index (κ2) is 5.03. The van der Waals surface area contributed by atoms with Gasteiger partial charge in [-0.3, -0.25) is 15.1 Å². The summed E-state index contributed by atoms with van der Waals surface area (Å²) < 4.78 is 6.09. The Morgan fingerprint density at radius 1 is 1.52 bits per heavy atom. The molecule has 6 heteroatoms. The highest BCUT2D eigenvalue weighted by Crippen LogP contribution is 2.50. The van der Waals surface area contributed by atoms with Gasteiger partial charge in [-0.1, -0.05) is 6.92 Å². The van der Waals surface area contributed by atoms with E-state index in [1.807, 2.05) is 13.8 Å². The molecule has 1 saturated heterocycles. The van der Waals surface area contributed by atoms with Gasteiger partial charge in [0.25, 0.3) is 5.69 Å². The van der Waals surface area contributed by atoms with Crippen LogP contribution in [0.15, 0.2) is 18.5 Å². The van der Waals surface area contributed by atoms with Crippen molar-refractivity contribution < 1.29 is 14.8 Å². The Kier molecular flexibility index (Phi) is 3.45. The van der Waals surface area contributed by atoms with E-state index < -0.39 is 10.5 Å². The minimum atomic E-state index is -0.876. The maximum atomic E-state index is 11.2. The summed E-state index contributed by atoms with van der Waals surface area (Å²) in [6.45, 7) is 3.80. The van der Waals surface area contributed by atoms with Gasteiger partial charge in [-0.15, -0.1) is 0 Å². The third-order valence-electron chi connectivity index (χ3n) is 4.88. The van der Waals surface area contributed by atoms with E-state index in [0.717, 1.165) is 12.8 Å². The van der Waals surface area contributed by atoms with Crippen molar-refractivity contribution in [1.82, 2.24) is 4.98 Å². The zero-order chi connectivity index (χ0) is 15.2. The van der Waals surface area contributed by atoms with E-state index in [0.29, 0.717) is 17.9 Å². The van der Waals surface area contributed by atoms with Gasteiger partial charge in [0.1, 0.15) is 6.20 Å². The van der Waals surface area contributed by atoms with Crippen molar-refractivity contribution in [1.29, 1.82) is 0 Å². The number of rotatable bonds is 3. The fourth-order valence-electron chi connectivity index (χ4n) is 3.22. The lowest BCUT2D eigenvalue weighted by molar-refractivity contribution is -0.387. The number of ether oxygens (including phenoxy) is 1. The Hall–Kier alpha value is -1.53. The van der Waals surface area contributed by atoms with Gasteiger partial charge in [-0.25, -0.2) is 0 Å². The van der Waals surface area contributed by atoms with Gasteiger partial charge in [0, 0.05) is 6.20 Å². The second-order valence-electron chi connectivity index (χ2n) is 6.44. The molecule has 1 saturated carbocycles. The van der Waals surface area contributed by atoms with Gasteiger partial charge in [0.2, 0.25) is 0 Å². The van der Waals surface area contributed by atoms with Crippen molar-refractivity contribution in [2.75, 3.05) is 0 Å². The lowest BCUT2D eigenvalue weighted by Gasteiger charge is -2.45. The molecule has 0 radical (unpaired) electrons. The third kappa shape index (κ3) is 2.53. The highest BCUT2D eigenvalue weighted by molar-refractivity contribution is 5.39. The van der Waals surface area contributed by atoms with Crippen molar-refractivity contribution in [3.63, 3.8) is 0 Å². The third-order valence-corrected chi connectivity index (χ3v) is 4.88. The SMILES string of the molecule is C[C@@H]1C[C@H](c2ccncc2[N+](=O)[O-])O[C@H](C2CC2)[C@@]1(C)O. The number of aromatic nitrogens is 1. The molecule has 2 aliphatic rings. The summed E-state index contributed by atoms with van der Waals surface area (Å²) in [6, 6.07) is 1.65. The van der Waals surface area contributed by atoms with Crippen LogP contribution in [0, 0.1) is 22.0 Å². The van der Waals surface area contributed by atoms with Gasteiger partial charge in [-0.05, 0) is 44.1 Å². The summed E-state index contributed by atoms with van der Waals surface area (Å²) in [6.07, 6.45) is 4.89. The molecule has 0 aromatic carbocycles. The van der Waals surface area contributed by atoms with E-state index in [1.54, 1.807) is 12.3 Å². The first-order chi connectivity index (χ1) is 9.91. The number of nitrogens with zero attached hydrogens (tertiary/aromatic N) is 2. The Bertz CT molecular complexity index is 556. The Morgan fingerprint density at radius 3 is 2.86 bits per heavy atom. The average Bonchev–Trinajstić information content (AvgIpc) is 3.26. The molecule has 1 aliphatic heterocycles. The molecule has 3 rings (SSSR count). The molecule has 0 unspecified atom stereocenters. The number of pyridine rings is 1. The molecule has 1 aliphatic carbocycles. The summed E-state index contributed by atoms with van der Waals surface area (Å²) in [5.41, 5.74) is -0.326. The molecule has 2 fully saturated rings. The quantitative estimate of drug-likeness (QED) is 0.683. The fraction of sp³-hybridized carbons (Fsp3) is 0.667. The summed E-state index contributed by atoms with van der Waals surface area (Å²) in [4.78, 5) is 14.6. The first-order valence-electron chi connectivity index (χ1n) is 7.37. The highest BCUT2D eigenvalue weighted by Gasteiger charge is 2.51. The van der Waals surface area contributed by atoms with E-state index in [-0.39, 0.29) is 23.8 Å².